The fourth-order valence-corrected chi connectivity index (χ4v) is 12.7. The molecule has 0 N–H and O–H groups in total. The minimum atomic E-state index is 0.662. The van der Waals surface area contributed by atoms with Crippen LogP contribution < -0.4 is 0 Å². The molecule has 59 heavy (non-hydrogen) atoms. The third-order valence-electron chi connectivity index (χ3n) is 16.4. The van der Waals surface area contributed by atoms with Crippen molar-refractivity contribution in [3.05, 3.63) is 82.9 Å². The predicted octanol–water partition coefficient (Wildman–Crippen LogP) is 17.5. The van der Waals surface area contributed by atoms with E-state index in [-0.39, 0.29) is 0 Å². The van der Waals surface area contributed by atoms with E-state index in [0.717, 1.165) is 35.5 Å². The SMILES string of the molecule is CCC[C@H]1CC[C@H](CCc2ccc(C(=CCOCC=C(c3ccc(CC[C@H]4CC[C@H](CCC)CC4)cc3)[C@H]3CC[C@H](CCC)CC3)[C@H]3CC[C@H](CCC)CC3)cc2)CC1. The Morgan fingerprint density at radius 3 is 0.949 bits per heavy atom. The molecule has 0 heterocycles. The van der Waals surface area contributed by atoms with Crippen molar-refractivity contribution in [2.75, 3.05) is 13.2 Å². The summed E-state index contributed by atoms with van der Waals surface area (Å²) in [6.07, 6.45) is 43.9. The van der Waals surface area contributed by atoms with E-state index in [4.69, 9.17) is 4.74 Å². The number of hydrogen-bond acceptors (Lipinski definition) is 1. The van der Waals surface area contributed by atoms with Gasteiger partial charge in [0.1, 0.15) is 0 Å². The Kier molecular flexibility index (Phi) is 20.2. The van der Waals surface area contributed by atoms with Crippen LogP contribution >= 0.6 is 0 Å². The van der Waals surface area contributed by atoms with Gasteiger partial charge in [0.15, 0.2) is 0 Å². The highest BCUT2D eigenvalue weighted by Crippen LogP contribution is 2.42. The van der Waals surface area contributed by atoms with E-state index in [0.29, 0.717) is 25.0 Å². The molecular formula is C58H90O. The number of benzene rings is 2. The Bertz CT molecular complexity index is 1350. The van der Waals surface area contributed by atoms with E-state index in [9.17, 15) is 0 Å². The first kappa shape index (κ1) is 46.4. The van der Waals surface area contributed by atoms with Gasteiger partial charge in [0.25, 0.3) is 0 Å². The molecule has 0 unspecified atom stereocenters. The number of aryl methyl sites for hydroxylation is 2. The number of ether oxygens (including phenoxy) is 1. The molecule has 0 amide bonds. The van der Waals surface area contributed by atoms with Gasteiger partial charge >= 0.3 is 0 Å². The van der Waals surface area contributed by atoms with Crippen LogP contribution in [0.5, 0.6) is 0 Å². The van der Waals surface area contributed by atoms with Crippen molar-refractivity contribution in [1.29, 1.82) is 0 Å². The van der Waals surface area contributed by atoms with E-state index >= 15 is 0 Å². The van der Waals surface area contributed by atoms with Gasteiger partial charge < -0.3 is 4.74 Å². The van der Waals surface area contributed by atoms with Crippen molar-refractivity contribution >= 4 is 11.1 Å². The minimum Gasteiger partial charge on any atom is -0.373 e. The van der Waals surface area contributed by atoms with Crippen LogP contribution in [0.1, 0.15) is 217 Å². The van der Waals surface area contributed by atoms with E-state index in [2.05, 4.69) is 88.4 Å². The second-order valence-corrected chi connectivity index (χ2v) is 20.7. The molecule has 0 spiro atoms. The van der Waals surface area contributed by atoms with Gasteiger partial charge in [-0.1, -0.05) is 191 Å². The summed E-state index contributed by atoms with van der Waals surface area (Å²) in [5, 5.41) is 0. The minimum absolute atomic E-state index is 0.662. The van der Waals surface area contributed by atoms with Crippen LogP contribution in [-0.2, 0) is 17.6 Å². The maximum absolute atomic E-state index is 6.59. The molecule has 0 radical (unpaired) electrons. The number of rotatable bonds is 22. The fraction of sp³-hybridized carbons (Fsp3) is 0.724. The van der Waals surface area contributed by atoms with E-state index < -0.39 is 0 Å². The number of hydrogen-bond donors (Lipinski definition) is 0. The van der Waals surface area contributed by atoms with Gasteiger partial charge in [-0.2, -0.15) is 0 Å². The van der Waals surface area contributed by atoms with Crippen LogP contribution in [0, 0.1) is 47.3 Å². The van der Waals surface area contributed by atoms with Crippen molar-refractivity contribution in [2.45, 2.75) is 207 Å². The molecule has 1 heteroatoms. The molecule has 6 rings (SSSR count). The monoisotopic (exact) mass is 803 g/mol. The lowest BCUT2D eigenvalue weighted by atomic mass is 9.75. The predicted molar refractivity (Wildman–Crippen MR) is 258 cm³/mol. The fourth-order valence-electron chi connectivity index (χ4n) is 12.7. The molecule has 4 fully saturated rings. The zero-order valence-electron chi connectivity index (χ0n) is 39.0. The summed E-state index contributed by atoms with van der Waals surface area (Å²) in [5.41, 5.74) is 9.07. The van der Waals surface area contributed by atoms with Crippen molar-refractivity contribution in [3.8, 4) is 0 Å². The maximum atomic E-state index is 6.59. The summed E-state index contributed by atoms with van der Waals surface area (Å²) in [6, 6.07) is 19.7. The summed E-state index contributed by atoms with van der Waals surface area (Å²) in [5.74, 6) is 7.07. The second kappa shape index (κ2) is 25.7. The largest absolute Gasteiger partial charge is 0.373 e. The highest BCUT2D eigenvalue weighted by atomic mass is 16.5. The van der Waals surface area contributed by atoms with Gasteiger partial charge in [0.2, 0.25) is 0 Å². The quantitative estimate of drug-likeness (QED) is 0.108. The van der Waals surface area contributed by atoms with Gasteiger partial charge in [0.05, 0.1) is 13.2 Å². The van der Waals surface area contributed by atoms with Crippen LogP contribution in [0.25, 0.3) is 11.1 Å². The van der Waals surface area contributed by atoms with Crippen LogP contribution in [0.3, 0.4) is 0 Å². The van der Waals surface area contributed by atoms with Crippen molar-refractivity contribution < 1.29 is 4.74 Å². The Balaban J connectivity index is 1.07. The maximum Gasteiger partial charge on any atom is 0.0657 e. The lowest BCUT2D eigenvalue weighted by Gasteiger charge is -2.31. The second-order valence-electron chi connectivity index (χ2n) is 20.7. The van der Waals surface area contributed by atoms with Crippen molar-refractivity contribution in [2.24, 2.45) is 47.3 Å². The summed E-state index contributed by atoms with van der Waals surface area (Å²) in [6.45, 7) is 10.8. The normalized spacial score (nSPS) is 28.5. The third kappa shape index (κ3) is 15.0. The van der Waals surface area contributed by atoms with Crippen LogP contribution in [0.15, 0.2) is 60.7 Å². The van der Waals surface area contributed by atoms with Crippen LogP contribution in [0.2, 0.25) is 0 Å². The molecule has 1 nitrogen and oxygen atoms in total. The molecule has 4 saturated carbocycles. The average Bonchev–Trinajstić information content (AvgIpc) is 3.27. The first-order chi connectivity index (χ1) is 29.0. The van der Waals surface area contributed by atoms with Gasteiger partial charge in [-0.25, -0.2) is 0 Å². The first-order valence-corrected chi connectivity index (χ1v) is 26.2. The summed E-state index contributed by atoms with van der Waals surface area (Å²) in [7, 11) is 0. The molecule has 0 aromatic heterocycles. The Morgan fingerprint density at radius 2 is 0.661 bits per heavy atom. The molecule has 4 aliphatic rings. The molecule has 2 aromatic rings. The van der Waals surface area contributed by atoms with E-state index in [1.165, 1.54) is 202 Å². The molecule has 0 saturated heterocycles. The van der Waals surface area contributed by atoms with Gasteiger partial charge in [0, 0.05) is 0 Å². The first-order valence-electron chi connectivity index (χ1n) is 26.2. The van der Waals surface area contributed by atoms with E-state index in [1.807, 2.05) is 0 Å². The molecule has 2 aromatic carbocycles. The van der Waals surface area contributed by atoms with Gasteiger partial charge in [-0.3, -0.25) is 0 Å². The Hall–Kier alpha value is -2.12. The number of allylic oxidation sites excluding steroid dienone is 2. The highest BCUT2D eigenvalue weighted by molar-refractivity contribution is 5.69. The molecule has 328 valence electrons. The summed E-state index contributed by atoms with van der Waals surface area (Å²) < 4.78 is 6.59. The third-order valence-corrected chi connectivity index (χ3v) is 16.4. The van der Waals surface area contributed by atoms with E-state index in [1.54, 1.807) is 11.1 Å². The molecule has 0 aliphatic heterocycles. The smallest absolute Gasteiger partial charge is 0.0657 e. The van der Waals surface area contributed by atoms with Gasteiger partial charge in [-0.05, 0) is 158 Å². The molecule has 4 aliphatic carbocycles. The summed E-state index contributed by atoms with van der Waals surface area (Å²) >= 11 is 0. The topological polar surface area (TPSA) is 9.23 Å². The zero-order chi connectivity index (χ0) is 41.1. The zero-order valence-corrected chi connectivity index (χ0v) is 39.0. The van der Waals surface area contributed by atoms with Crippen LogP contribution in [0.4, 0.5) is 0 Å². The Labute approximate surface area is 365 Å². The molecule has 0 atom stereocenters. The molecule has 0 bridgehead atoms. The average molecular weight is 803 g/mol. The Morgan fingerprint density at radius 1 is 0.390 bits per heavy atom. The standard InChI is InChI=1S/C58H90O/c1-5-9-45-13-17-49(18-14-45)21-23-51-29-37-55(38-30-51)57(53-33-25-47(11-7-3)26-34-53)41-43-59-44-42-58(54-35-27-48(12-8-4)28-36-54)56-39-31-52(32-40-56)24-22-50-19-15-46(10-6-2)16-20-50/h29-32,37-42,45-50,53-54H,5-28,33-36,43-44H2,1-4H3/t45-,46-,47-,48-,49-,50-,53-,54-. The van der Waals surface area contributed by atoms with Gasteiger partial charge in [-0.15, -0.1) is 0 Å². The lowest BCUT2D eigenvalue weighted by molar-refractivity contribution is 0.193. The molecular weight excluding hydrogens is 713 g/mol. The van der Waals surface area contributed by atoms with Crippen molar-refractivity contribution in [1.82, 2.24) is 0 Å². The summed E-state index contributed by atoms with van der Waals surface area (Å²) in [4.78, 5) is 0. The van der Waals surface area contributed by atoms with Crippen LogP contribution in [-0.4, -0.2) is 13.2 Å². The lowest BCUT2D eigenvalue weighted by Crippen LogP contribution is -2.16. The van der Waals surface area contributed by atoms with Crippen molar-refractivity contribution in [3.63, 3.8) is 0 Å². The highest BCUT2D eigenvalue weighted by Gasteiger charge is 2.27.